The molecule has 1 amide bonds. The predicted octanol–water partition coefficient (Wildman–Crippen LogP) is 1.06. The van der Waals surface area contributed by atoms with Crippen LogP contribution < -0.4 is 5.14 Å². The molecule has 1 aliphatic heterocycles. The van der Waals surface area contributed by atoms with Gasteiger partial charge in [0.1, 0.15) is 0 Å². The zero-order chi connectivity index (χ0) is 12.6. The van der Waals surface area contributed by atoms with E-state index in [0.29, 0.717) is 16.8 Å². The van der Waals surface area contributed by atoms with Crippen molar-refractivity contribution in [1.29, 1.82) is 0 Å². The lowest BCUT2D eigenvalue weighted by molar-refractivity contribution is -0.112. The Morgan fingerprint density at radius 2 is 1.71 bits per heavy atom. The maximum absolute atomic E-state index is 11.4. The maximum Gasteiger partial charge on any atom is 0.297 e. The molecule has 0 bridgehead atoms. The lowest BCUT2D eigenvalue weighted by Gasteiger charge is -2.02. The molecule has 0 unspecified atom stereocenters. The normalized spacial score (nSPS) is 15.8. The SMILES string of the molecule is CC1=C(c2ccc(S(N)(=O)=O)cc2)C(=O)N=N1. The topological polar surface area (TPSA) is 102 Å². The average molecular weight is 251 g/mol. The first kappa shape index (κ1) is 11.6. The first-order valence-corrected chi connectivity index (χ1v) is 6.24. The van der Waals surface area contributed by atoms with Crippen molar-refractivity contribution in [2.45, 2.75) is 11.8 Å². The number of sulfonamides is 1. The number of primary sulfonamides is 1. The van der Waals surface area contributed by atoms with Crippen molar-refractivity contribution in [2.75, 3.05) is 0 Å². The number of carbonyl (C=O) groups is 1. The van der Waals surface area contributed by atoms with Crippen LogP contribution >= 0.6 is 0 Å². The Hall–Kier alpha value is -1.86. The molecular formula is C10H9N3O3S. The summed E-state index contributed by atoms with van der Waals surface area (Å²) in [6.45, 7) is 1.66. The van der Waals surface area contributed by atoms with Gasteiger partial charge in [-0.3, -0.25) is 4.79 Å². The second kappa shape index (κ2) is 3.86. The second-order valence-corrected chi connectivity index (χ2v) is 5.10. The van der Waals surface area contributed by atoms with Crippen LogP contribution in [-0.4, -0.2) is 14.3 Å². The van der Waals surface area contributed by atoms with Gasteiger partial charge in [0.2, 0.25) is 10.0 Å². The van der Waals surface area contributed by atoms with Crippen LogP contribution in [0.15, 0.2) is 45.1 Å². The Bertz CT molecular complexity index is 642. The first-order chi connectivity index (χ1) is 7.89. The molecule has 0 atom stereocenters. The van der Waals surface area contributed by atoms with Gasteiger partial charge in [-0.05, 0) is 24.6 Å². The number of amides is 1. The number of allylic oxidation sites excluding steroid dienone is 1. The lowest BCUT2D eigenvalue weighted by atomic mass is 10.0. The zero-order valence-electron chi connectivity index (χ0n) is 8.91. The lowest BCUT2D eigenvalue weighted by Crippen LogP contribution is -2.12. The molecular weight excluding hydrogens is 242 g/mol. The number of hydrogen-bond acceptors (Lipinski definition) is 4. The van der Waals surface area contributed by atoms with Crippen LogP contribution in [0.25, 0.3) is 5.57 Å². The van der Waals surface area contributed by atoms with E-state index in [1.807, 2.05) is 0 Å². The van der Waals surface area contributed by atoms with Gasteiger partial charge in [0.05, 0.1) is 16.2 Å². The highest BCUT2D eigenvalue weighted by Gasteiger charge is 2.20. The second-order valence-electron chi connectivity index (χ2n) is 3.53. The first-order valence-electron chi connectivity index (χ1n) is 4.70. The van der Waals surface area contributed by atoms with Gasteiger partial charge in [0.15, 0.2) is 0 Å². The van der Waals surface area contributed by atoms with Crippen LogP contribution in [0.2, 0.25) is 0 Å². The van der Waals surface area contributed by atoms with E-state index in [1.165, 1.54) is 24.3 Å². The van der Waals surface area contributed by atoms with E-state index >= 15 is 0 Å². The van der Waals surface area contributed by atoms with Crippen LogP contribution in [-0.2, 0) is 14.8 Å². The molecule has 0 saturated heterocycles. The van der Waals surface area contributed by atoms with Crippen LogP contribution in [0, 0.1) is 0 Å². The maximum atomic E-state index is 11.4. The number of nitrogens with zero attached hydrogens (tertiary/aromatic N) is 2. The Morgan fingerprint density at radius 3 is 2.12 bits per heavy atom. The monoisotopic (exact) mass is 251 g/mol. The molecule has 6 nitrogen and oxygen atoms in total. The van der Waals surface area contributed by atoms with E-state index in [-0.39, 0.29) is 4.90 Å². The number of carbonyl (C=O) groups excluding carboxylic acids is 1. The van der Waals surface area contributed by atoms with Crippen molar-refractivity contribution in [3.05, 3.63) is 35.5 Å². The van der Waals surface area contributed by atoms with Crippen molar-refractivity contribution >= 4 is 21.5 Å². The van der Waals surface area contributed by atoms with E-state index in [0.717, 1.165) is 0 Å². The Morgan fingerprint density at radius 1 is 1.12 bits per heavy atom. The molecule has 0 radical (unpaired) electrons. The molecule has 0 saturated carbocycles. The third kappa shape index (κ3) is 2.15. The Balaban J connectivity index is 2.45. The van der Waals surface area contributed by atoms with Gasteiger partial charge in [0.25, 0.3) is 5.91 Å². The minimum absolute atomic E-state index is 0.00109. The van der Waals surface area contributed by atoms with Crippen LogP contribution in [0.4, 0.5) is 0 Å². The van der Waals surface area contributed by atoms with Crippen LogP contribution in [0.1, 0.15) is 12.5 Å². The zero-order valence-corrected chi connectivity index (χ0v) is 9.73. The van der Waals surface area contributed by atoms with Gasteiger partial charge in [-0.15, -0.1) is 5.11 Å². The summed E-state index contributed by atoms with van der Waals surface area (Å²) in [6, 6.07) is 5.70. The van der Waals surface area contributed by atoms with Crippen molar-refractivity contribution < 1.29 is 13.2 Å². The molecule has 0 aliphatic carbocycles. The summed E-state index contributed by atoms with van der Waals surface area (Å²) in [5.74, 6) is -0.425. The molecule has 0 spiro atoms. The van der Waals surface area contributed by atoms with Crippen LogP contribution in [0.3, 0.4) is 0 Å². The fourth-order valence-corrected chi connectivity index (χ4v) is 2.03. The summed E-state index contributed by atoms with van der Waals surface area (Å²) >= 11 is 0. The van der Waals surface area contributed by atoms with Crippen LogP contribution in [0.5, 0.6) is 0 Å². The Labute approximate surface area is 97.9 Å². The molecule has 2 rings (SSSR count). The highest BCUT2D eigenvalue weighted by molar-refractivity contribution is 7.89. The van der Waals surface area contributed by atoms with Crippen molar-refractivity contribution in [3.8, 4) is 0 Å². The van der Waals surface area contributed by atoms with Gasteiger partial charge in [-0.2, -0.15) is 5.11 Å². The quantitative estimate of drug-likeness (QED) is 0.849. The molecule has 17 heavy (non-hydrogen) atoms. The van der Waals surface area contributed by atoms with Crippen molar-refractivity contribution in [3.63, 3.8) is 0 Å². The minimum Gasteiger partial charge on any atom is -0.265 e. The molecule has 1 aromatic rings. The number of azo groups is 1. The van der Waals surface area contributed by atoms with E-state index < -0.39 is 15.9 Å². The fraction of sp³-hybridized carbons (Fsp3) is 0.100. The minimum atomic E-state index is -3.72. The third-order valence-electron chi connectivity index (χ3n) is 2.34. The summed E-state index contributed by atoms with van der Waals surface area (Å²) < 4.78 is 22.1. The number of benzene rings is 1. The van der Waals surface area contributed by atoms with Gasteiger partial charge in [-0.1, -0.05) is 12.1 Å². The highest BCUT2D eigenvalue weighted by Crippen LogP contribution is 2.26. The molecule has 1 aromatic carbocycles. The standard InChI is InChI=1S/C10H9N3O3S/c1-6-9(10(14)13-12-6)7-2-4-8(5-3-7)17(11,15)16/h2-5H,1H3,(H2,11,15,16). The third-order valence-corrected chi connectivity index (χ3v) is 3.27. The van der Waals surface area contributed by atoms with E-state index in [1.54, 1.807) is 6.92 Å². The fourth-order valence-electron chi connectivity index (χ4n) is 1.52. The summed E-state index contributed by atoms with van der Waals surface area (Å²) in [7, 11) is -3.72. The van der Waals surface area contributed by atoms with E-state index in [9.17, 15) is 13.2 Å². The summed E-state index contributed by atoms with van der Waals surface area (Å²) in [4.78, 5) is 11.4. The smallest absolute Gasteiger partial charge is 0.265 e. The number of nitrogens with two attached hydrogens (primary N) is 1. The summed E-state index contributed by atoms with van der Waals surface area (Å²) in [5, 5.41) is 12.0. The van der Waals surface area contributed by atoms with Gasteiger partial charge < -0.3 is 0 Å². The van der Waals surface area contributed by atoms with Gasteiger partial charge >= 0.3 is 0 Å². The van der Waals surface area contributed by atoms with Gasteiger partial charge in [-0.25, -0.2) is 13.6 Å². The Kier molecular flexibility index (Phi) is 2.64. The molecule has 7 heteroatoms. The molecule has 1 heterocycles. The molecule has 1 aliphatic rings. The molecule has 2 N–H and O–H groups in total. The highest BCUT2D eigenvalue weighted by atomic mass is 32.2. The average Bonchev–Trinajstić information content (AvgIpc) is 2.58. The van der Waals surface area contributed by atoms with E-state index in [4.69, 9.17) is 5.14 Å². The summed E-state index contributed by atoms with van der Waals surface area (Å²) in [5.41, 5.74) is 1.47. The van der Waals surface area contributed by atoms with E-state index in [2.05, 4.69) is 10.2 Å². The number of rotatable bonds is 2. The van der Waals surface area contributed by atoms with Crippen molar-refractivity contribution in [1.82, 2.24) is 0 Å². The predicted molar refractivity (Wildman–Crippen MR) is 60.3 cm³/mol. The largest absolute Gasteiger partial charge is 0.297 e. The van der Waals surface area contributed by atoms with Gasteiger partial charge in [0, 0.05) is 0 Å². The summed E-state index contributed by atoms with van der Waals surface area (Å²) in [6.07, 6.45) is 0. The molecule has 0 aromatic heterocycles. The van der Waals surface area contributed by atoms with Crippen molar-refractivity contribution in [2.24, 2.45) is 15.4 Å². The molecule has 88 valence electrons. The number of hydrogen-bond donors (Lipinski definition) is 1. The molecule has 0 fully saturated rings.